The summed E-state index contributed by atoms with van der Waals surface area (Å²) < 4.78 is 12.1. The number of carbonyl (C=O) groups is 1. The number of aryl methyl sites for hydroxylation is 1. The van der Waals surface area contributed by atoms with Crippen molar-refractivity contribution < 1.29 is 14.3 Å². The average molecular weight is 330 g/mol. The van der Waals surface area contributed by atoms with Crippen molar-refractivity contribution in [3.63, 3.8) is 0 Å². The van der Waals surface area contributed by atoms with Crippen molar-refractivity contribution in [1.82, 2.24) is 9.88 Å². The maximum atomic E-state index is 12.6. The second kappa shape index (κ2) is 6.45. The summed E-state index contributed by atoms with van der Waals surface area (Å²) in [7, 11) is 0. The number of nitrogens with zero attached hydrogens (tertiary/aromatic N) is 2. The number of rotatable bonds is 4. The van der Waals surface area contributed by atoms with Gasteiger partial charge in [-0.3, -0.25) is 9.78 Å². The van der Waals surface area contributed by atoms with Gasteiger partial charge in [-0.2, -0.15) is 0 Å². The minimum absolute atomic E-state index is 0.0353. The molecule has 0 radical (unpaired) electrons. The number of pyridine rings is 1. The van der Waals surface area contributed by atoms with Crippen LogP contribution in [0.5, 0.6) is 0 Å². The van der Waals surface area contributed by atoms with Crippen molar-refractivity contribution in [3.05, 3.63) is 29.6 Å². The summed E-state index contributed by atoms with van der Waals surface area (Å²) in [5, 5.41) is 0. The summed E-state index contributed by atoms with van der Waals surface area (Å²) in [4.78, 5) is 18.7. The summed E-state index contributed by atoms with van der Waals surface area (Å²) in [5.74, 6) is 0.830. The lowest BCUT2D eigenvalue weighted by molar-refractivity contribution is -0.0411. The lowest BCUT2D eigenvalue weighted by Crippen LogP contribution is -2.46. The SMILES string of the molecule is Cc1ccnc(C(=O)N2CCC3(CC2)C[C@@H](OCC2CC2)CO3)c1. The number of likely N-dealkylation sites (tertiary alicyclic amines) is 1. The van der Waals surface area contributed by atoms with Crippen LogP contribution in [-0.2, 0) is 9.47 Å². The van der Waals surface area contributed by atoms with Gasteiger partial charge in [-0.05, 0) is 56.2 Å². The van der Waals surface area contributed by atoms with Crippen molar-refractivity contribution in [1.29, 1.82) is 0 Å². The van der Waals surface area contributed by atoms with E-state index in [0.29, 0.717) is 12.3 Å². The summed E-state index contributed by atoms with van der Waals surface area (Å²) in [5.41, 5.74) is 1.53. The highest BCUT2D eigenvalue weighted by molar-refractivity contribution is 5.92. The normalized spacial score (nSPS) is 26.0. The molecule has 1 aromatic rings. The van der Waals surface area contributed by atoms with Crippen LogP contribution in [0.3, 0.4) is 0 Å². The minimum Gasteiger partial charge on any atom is -0.375 e. The topological polar surface area (TPSA) is 51.7 Å². The van der Waals surface area contributed by atoms with Gasteiger partial charge >= 0.3 is 0 Å². The van der Waals surface area contributed by atoms with Crippen molar-refractivity contribution in [2.75, 3.05) is 26.3 Å². The van der Waals surface area contributed by atoms with E-state index in [1.165, 1.54) is 12.8 Å². The molecule has 0 aromatic carbocycles. The van der Waals surface area contributed by atoms with Crippen LogP contribution in [0, 0.1) is 12.8 Å². The molecule has 0 N–H and O–H groups in total. The first-order valence-corrected chi connectivity index (χ1v) is 9.11. The van der Waals surface area contributed by atoms with Crippen LogP contribution in [0.25, 0.3) is 0 Å². The van der Waals surface area contributed by atoms with Gasteiger partial charge in [0.1, 0.15) is 5.69 Å². The zero-order valence-electron chi connectivity index (χ0n) is 14.4. The number of piperidine rings is 1. The molecule has 4 rings (SSSR count). The molecule has 130 valence electrons. The number of aromatic nitrogens is 1. The largest absolute Gasteiger partial charge is 0.375 e. The van der Waals surface area contributed by atoms with Crippen LogP contribution in [0.2, 0.25) is 0 Å². The molecule has 0 unspecified atom stereocenters. The van der Waals surface area contributed by atoms with E-state index in [1.54, 1.807) is 6.20 Å². The third kappa shape index (κ3) is 3.47. The predicted octanol–water partition coefficient (Wildman–Crippen LogP) is 2.58. The molecule has 5 nitrogen and oxygen atoms in total. The van der Waals surface area contributed by atoms with Crippen molar-refractivity contribution in [2.45, 2.75) is 50.7 Å². The fourth-order valence-corrected chi connectivity index (χ4v) is 3.75. The van der Waals surface area contributed by atoms with E-state index in [9.17, 15) is 4.79 Å². The quantitative estimate of drug-likeness (QED) is 0.851. The minimum atomic E-state index is -0.0783. The fraction of sp³-hybridized carbons (Fsp3) is 0.684. The van der Waals surface area contributed by atoms with Gasteiger partial charge in [-0.15, -0.1) is 0 Å². The van der Waals surface area contributed by atoms with Crippen molar-refractivity contribution >= 4 is 5.91 Å². The van der Waals surface area contributed by atoms with Gasteiger partial charge in [0.2, 0.25) is 0 Å². The third-order valence-electron chi connectivity index (χ3n) is 5.54. The van der Waals surface area contributed by atoms with Crippen LogP contribution < -0.4 is 0 Å². The molecule has 1 atom stereocenters. The molecule has 2 saturated heterocycles. The molecule has 3 heterocycles. The van der Waals surface area contributed by atoms with Crippen LogP contribution in [0.1, 0.15) is 48.2 Å². The smallest absolute Gasteiger partial charge is 0.272 e. The number of carbonyl (C=O) groups excluding carboxylic acids is 1. The second-order valence-corrected chi connectivity index (χ2v) is 7.61. The molecule has 3 fully saturated rings. The lowest BCUT2D eigenvalue weighted by atomic mass is 9.88. The fourth-order valence-electron chi connectivity index (χ4n) is 3.75. The maximum Gasteiger partial charge on any atom is 0.272 e. The first-order chi connectivity index (χ1) is 11.6. The second-order valence-electron chi connectivity index (χ2n) is 7.61. The van der Waals surface area contributed by atoms with Gasteiger partial charge in [0.15, 0.2) is 0 Å². The van der Waals surface area contributed by atoms with Crippen molar-refractivity contribution in [2.24, 2.45) is 5.92 Å². The molecular formula is C19H26N2O3. The standard InChI is InChI=1S/C19H26N2O3/c1-14-4-7-20-17(10-14)18(22)21-8-5-19(6-9-21)11-16(13-24-19)23-12-15-2-3-15/h4,7,10,15-16H,2-3,5-6,8-9,11-13H2,1H3/t16-/m1/s1. The highest BCUT2D eigenvalue weighted by Crippen LogP contribution is 2.38. The van der Waals surface area contributed by atoms with E-state index < -0.39 is 0 Å². The zero-order valence-corrected chi connectivity index (χ0v) is 14.4. The first-order valence-electron chi connectivity index (χ1n) is 9.11. The van der Waals surface area contributed by atoms with E-state index in [2.05, 4.69) is 4.98 Å². The molecule has 5 heteroatoms. The zero-order chi connectivity index (χ0) is 16.6. The van der Waals surface area contributed by atoms with E-state index in [1.807, 2.05) is 24.0 Å². The van der Waals surface area contributed by atoms with Crippen LogP contribution in [-0.4, -0.2) is 53.8 Å². The summed E-state index contributed by atoms with van der Waals surface area (Å²) in [6.07, 6.45) is 7.36. The molecular weight excluding hydrogens is 304 g/mol. The van der Waals surface area contributed by atoms with E-state index in [-0.39, 0.29) is 17.6 Å². The number of amides is 1. The molecule has 0 bridgehead atoms. The molecule has 1 aliphatic carbocycles. The number of ether oxygens (including phenoxy) is 2. The third-order valence-corrected chi connectivity index (χ3v) is 5.54. The predicted molar refractivity (Wildman–Crippen MR) is 89.9 cm³/mol. The molecule has 1 aromatic heterocycles. The monoisotopic (exact) mass is 330 g/mol. The Morgan fingerprint density at radius 1 is 1.42 bits per heavy atom. The summed E-state index contributed by atoms with van der Waals surface area (Å²) in [6, 6.07) is 3.77. The van der Waals surface area contributed by atoms with Gasteiger partial charge in [-0.1, -0.05) is 0 Å². The summed E-state index contributed by atoms with van der Waals surface area (Å²) >= 11 is 0. The van der Waals surface area contributed by atoms with E-state index in [0.717, 1.165) is 50.4 Å². The Morgan fingerprint density at radius 2 is 2.21 bits per heavy atom. The van der Waals surface area contributed by atoms with Gasteiger partial charge in [0.05, 0.1) is 18.3 Å². The van der Waals surface area contributed by atoms with Crippen LogP contribution in [0.15, 0.2) is 18.3 Å². The molecule has 3 aliphatic rings. The van der Waals surface area contributed by atoms with Gasteiger partial charge < -0.3 is 14.4 Å². The highest BCUT2D eigenvalue weighted by Gasteiger charge is 2.44. The Kier molecular flexibility index (Phi) is 4.31. The van der Waals surface area contributed by atoms with Gasteiger partial charge in [0.25, 0.3) is 5.91 Å². The average Bonchev–Trinajstić information content (AvgIpc) is 3.35. The molecule has 1 amide bonds. The van der Waals surface area contributed by atoms with Crippen LogP contribution in [0.4, 0.5) is 0 Å². The van der Waals surface area contributed by atoms with E-state index >= 15 is 0 Å². The lowest BCUT2D eigenvalue weighted by Gasteiger charge is -2.38. The molecule has 2 aliphatic heterocycles. The van der Waals surface area contributed by atoms with E-state index in [4.69, 9.17) is 9.47 Å². The molecule has 1 saturated carbocycles. The highest BCUT2D eigenvalue weighted by atomic mass is 16.6. The summed E-state index contributed by atoms with van der Waals surface area (Å²) in [6.45, 7) is 5.07. The Bertz CT molecular complexity index is 606. The Balaban J connectivity index is 1.30. The van der Waals surface area contributed by atoms with Gasteiger partial charge in [0, 0.05) is 32.3 Å². The van der Waals surface area contributed by atoms with Crippen molar-refractivity contribution in [3.8, 4) is 0 Å². The first kappa shape index (κ1) is 16.0. The Morgan fingerprint density at radius 3 is 2.92 bits per heavy atom. The van der Waals surface area contributed by atoms with Crippen LogP contribution >= 0.6 is 0 Å². The number of hydrogen-bond acceptors (Lipinski definition) is 4. The van der Waals surface area contributed by atoms with Gasteiger partial charge in [-0.25, -0.2) is 0 Å². The molecule has 24 heavy (non-hydrogen) atoms. The maximum absolute atomic E-state index is 12.6. The Hall–Kier alpha value is -1.46. The number of hydrogen-bond donors (Lipinski definition) is 0. The Labute approximate surface area is 143 Å². The molecule has 1 spiro atoms.